The number of hydrogen-bond donors (Lipinski definition) is 2. The number of rotatable bonds is 2. The first-order valence-corrected chi connectivity index (χ1v) is 7.21. The van der Waals surface area contributed by atoms with Crippen LogP contribution in [0.5, 0.6) is 0 Å². The van der Waals surface area contributed by atoms with Gasteiger partial charge in [0.15, 0.2) is 5.17 Å². The number of allylic oxidation sites excluding steroid dienone is 1. The molecule has 0 aliphatic carbocycles. The molecule has 2 N–H and O–H groups in total. The number of halogens is 1. The molecule has 4 nitrogen and oxygen atoms in total. The lowest BCUT2D eigenvalue weighted by Gasteiger charge is -2.24. The highest BCUT2D eigenvalue weighted by Crippen LogP contribution is 2.32. The van der Waals surface area contributed by atoms with E-state index in [4.69, 9.17) is 11.6 Å². The van der Waals surface area contributed by atoms with E-state index in [-0.39, 0.29) is 5.57 Å². The first kappa shape index (κ1) is 14.0. The van der Waals surface area contributed by atoms with E-state index in [2.05, 4.69) is 10.3 Å². The number of aliphatic carboxylic acids is 1. The molecule has 1 aromatic rings. The Hall–Kier alpha value is -1.46. The highest BCUT2D eigenvalue weighted by molar-refractivity contribution is 8.13. The van der Waals surface area contributed by atoms with Crippen molar-refractivity contribution < 1.29 is 9.90 Å². The highest BCUT2D eigenvalue weighted by Gasteiger charge is 2.28. The van der Waals surface area contributed by atoms with Crippen molar-refractivity contribution in [1.82, 2.24) is 5.32 Å². The number of thioether (sulfide) groups is 1. The molecule has 0 saturated carbocycles. The number of nitrogens with zero attached hydrogens (tertiary/aromatic N) is 1. The molecule has 0 saturated heterocycles. The number of nitrogens with one attached hydrogen (secondary N) is 1. The van der Waals surface area contributed by atoms with E-state index >= 15 is 0 Å². The maximum absolute atomic E-state index is 11.4. The Morgan fingerprint density at radius 3 is 2.84 bits per heavy atom. The Balaban J connectivity index is 2.51. The molecule has 1 aromatic carbocycles. The molecule has 6 heteroatoms. The number of carboxylic acids is 1. The largest absolute Gasteiger partial charge is 0.478 e. The van der Waals surface area contributed by atoms with Gasteiger partial charge in [0.1, 0.15) is 6.04 Å². The molecule has 0 bridgehead atoms. The number of carbonyl (C=O) groups is 1. The minimum atomic E-state index is -0.973. The van der Waals surface area contributed by atoms with Crippen LogP contribution in [-0.4, -0.2) is 22.5 Å². The van der Waals surface area contributed by atoms with Crippen LogP contribution in [-0.2, 0) is 4.79 Å². The van der Waals surface area contributed by atoms with Crippen molar-refractivity contribution in [2.24, 2.45) is 4.99 Å². The third-order valence-corrected chi connectivity index (χ3v) is 3.64. The summed E-state index contributed by atoms with van der Waals surface area (Å²) in [6.07, 6.45) is 1.89. The van der Waals surface area contributed by atoms with Gasteiger partial charge in [-0.25, -0.2) is 9.79 Å². The zero-order valence-electron chi connectivity index (χ0n) is 10.5. The number of carboxylic acid groups (broad SMARTS) is 1. The fraction of sp³-hybridized carbons (Fsp3) is 0.231. The van der Waals surface area contributed by atoms with Crippen molar-refractivity contribution in [3.05, 3.63) is 46.1 Å². The van der Waals surface area contributed by atoms with Crippen molar-refractivity contribution in [3.8, 4) is 0 Å². The lowest BCUT2D eigenvalue weighted by molar-refractivity contribution is -0.133. The average Bonchev–Trinajstić information content (AvgIpc) is 2.37. The number of hydrogen-bond acceptors (Lipinski definition) is 4. The van der Waals surface area contributed by atoms with E-state index in [0.717, 1.165) is 5.56 Å². The second-order valence-electron chi connectivity index (χ2n) is 4.06. The SMILES string of the molecule is CSC1=NC(c2cccc(Cl)c2)C(C(=O)O)=C(C)N1. The van der Waals surface area contributed by atoms with Crippen molar-refractivity contribution in [2.45, 2.75) is 13.0 Å². The summed E-state index contributed by atoms with van der Waals surface area (Å²) in [5.74, 6) is -0.973. The summed E-state index contributed by atoms with van der Waals surface area (Å²) in [6.45, 7) is 1.74. The van der Waals surface area contributed by atoms with Gasteiger partial charge in [0, 0.05) is 10.7 Å². The fourth-order valence-corrected chi connectivity index (χ4v) is 2.61. The average molecular weight is 297 g/mol. The Kier molecular flexibility index (Phi) is 4.17. The van der Waals surface area contributed by atoms with Gasteiger partial charge in [0.2, 0.25) is 0 Å². The zero-order valence-corrected chi connectivity index (χ0v) is 12.0. The minimum absolute atomic E-state index is 0.250. The second kappa shape index (κ2) is 5.67. The molecular formula is C13H13ClN2O2S. The zero-order chi connectivity index (χ0) is 14.0. The number of amidine groups is 1. The van der Waals surface area contributed by atoms with Gasteiger partial charge in [0.25, 0.3) is 0 Å². The molecule has 100 valence electrons. The molecule has 0 amide bonds. The molecule has 0 radical (unpaired) electrons. The van der Waals surface area contributed by atoms with Crippen LogP contribution in [0.1, 0.15) is 18.5 Å². The summed E-state index contributed by atoms with van der Waals surface area (Å²) in [7, 11) is 0. The van der Waals surface area contributed by atoms with E-state index in [0.29, 0.717) is 15.9 Å². The van der Waals surface area contributed by atoms with Crippen molar-refractivity contribution in [3.63, 3.8) is 0 Å². The van der Waals surface area contributed by atoms with Crippen molar-refractivity contribution in [2.75, 3.05) is 6.26 Å². The smallest absolute Gasteiger partial charge is 0.335 e. The van der Waals surface area contributed by atoms with Gasteiger partial charge in [-0.2, -0.15) is 0 Å². The van der Waals surface area contributed by atoms with Crippen molar-refractivity contribution in [1.29, 1.82) is 0 Å². The van der Waals surface area contributed by atoms with Crippen LogP contribution in [0.3, 0.4) is 0 Å². The van der Waals surface area contributed by atoms with Gasteiger partial charge in [-0.1, -0.05) is 35.5 Å². The second-order valence-corrected chi connectivity index (χ2v) is 5.30. The Morgan fingerprint density at radius 1 is 1.53 bits per heavy atom. The first-order chi connectivity index (χ1) is 9.02. The molecule has 1 aliphatic heterocycles. The monoisotopic (exact) mass is 296 g/mol. The topological polar surface area (TPSA) is 61.7 Å². The summed E-state index contributed by atoms with van der Waals surface area (Å²) in [5, 5.41) is 13.6. The van der Waals surface area contributed by atoms with Crippen LogP contribution >= 0.6 is 23.4 Å². The van der Waals surface area contributed by atoms with Crippen LogP contribution in [0.15, 0.2) is 40.5 Å². The summed E-state index contributed by atoms with van der Waals surface area (Å²) < 4.78 is 0. The van der Waals surface area contributed by atoms with Crippen LogP contribution < -0.4 is 5.32 Å². The fourth-order valence-electron chi connectivity index (χ4n) is 1.95. The molecule has 1 unspecified atom stereocenters. The molecule has 1 atom stereocenters. The lowest BCUT2D eigenvalue weighted by Crippen LogP contribution is -2.29. The lowest BCUT2D eigenvalue weighted by atomic mass is 9.97. The third-order valence-electron chi connectivity index (χ3n) is 2.81. The molecule has 2 rings (SSSR count). The Morgan fingerprint density at radius 2 is 2.26 bits per heavy atom. The molecule has 0 aromatic heterocycles. The number of aliphatic imine (C=N–C) groups is 1. The van der Waals surface area contributed by atoms with Gasteiger partial charge in [-0.05, 0) is 30.9 Å². The van der Waals surface area contributed by atoms with Gasteiger partial charge in [0.05, 0.1) is 5.57 Å². The normalized spacial score (nSPS) is 18.9. The van der Waals surface area contributed by atoms with Gasteiger partial charge < -0.3 is 10.4 Å². The Bertz CT molecular complexity index is 584. The Labute approximate surface area is 120 Å². The first-order valence-electron chi connectivity index (χ1n) is 5.61. The third kappa shape index (κ3) is 2.93. The molecule has 19 heavy (non-hydrogen) atoms. The number of benzene rings is 1. The summed E-state index contributed by atoms with van der Waals surface area (Å²) in [4.78, 5) is 15.9. The van der Waals surface area contributed by atoms with E-state index in [9.17, 15) is 9.90 Å². The summed E-state index contributed by atoms with van der Waals surface area (Å²) >= 11 is 7.41. The highest BCUT2D eigenvalue weighted by atomic mass is 35.5. The predicted molar refractivity (Wildman–Crippen MR) is 78.6 cm³/mol. The molecule has 0 spiro atoms. The van der Waals surface area contributed by atoms with Gasteiger partial charge in [-0.3, -0.25) is 0 Å². The molecular weight excluding hydrogens is 284 g/mol. The molecule has 1 aliphatic rings. The summed E-state index contributed by atoms with van der Waals surface area (Å²) in [6, 6.07) is 6.60. The maximum atomic E-state index is 11.4. The molecule has 0 fully saturated rings. The van der Waals surface area contributed by atoms with E-state index in [1.807, 2.05) is 12.3 Å². The van der Waals surface area contributed by atoms with Gasteiger partial charge in [-0.15, -0.1) is 0 Å². The van der Waals surface area contributed by atoms with Gasteiger partial charge >= 0.3 is 5.97 Å². The predicted octanol–water partition coefficient (Wildman–Crippen LogP) is 3.06. The van der Waals surface area contributed by atoms with E-state index < -0.39 is 12.0 Å². The van der Waals surface area contributed by atoms with E-state index in [1.54, 1.807) is 25.1 Å². The minimum Gasteiger partial charge on any atom is -0.478 e. The van der Waals surface area contributed by atoms with Crippen LogP contribution in [0.25, 0.3) is 0 Å². The standard InChI is InChI=1S/C13H13ClN2O2S/c1-7-10(12(17)18)11(16-13(15-7)19-2)8-4-3-5-9(14)6-8/h3-6,11H,1-2H3,(H,15,16)(H,17,18). The maximum Gasteiger partial charge on any atom is 0.335 e. The van der Waals surface area contributed by atoms with Crippen LogP contribution in [0.4, 0.5) is 0 Å². The molecule has 1 heterocycles. The van der Waals surface area contributed by atoms with Crippen molar-refractivity contribution >= 4 is 34.5 Å². The van der Waals surface area contributed by atoms with E-state index in [1.165, 1.54) is 11.8 Å². The van der Waals surface area contributed by atoms with Crippen LogP contribution in [0.2, 0.25) is 5.02 Å². The summed E-state index contributed by atoms with van der Waals surface area (Å²) in [5.41, 5.74) is 1.63. The van der Waals surface area contributed by atoms with Crippen LogP contribution in [0, 0.1) is 0 Å². The quantitative estimate of drug-likeness (QED) is 0.880.